The van der Waals surface area contributed by atoms with Gasteiger partial charge in [-0.3, -0.25) is 10.1 Å². The van der Waals surface area contributed by atoms with E-state index in [1.54, 1.807) is 6.21 Å². The molecule has 2 fully saturated rings. The standard InChI is InChI=1S/C17H19N3O4/c21-16(24-14-3-1-13(2-4-14)20(22)23)19-15(7-10-18-19)17-8-5-12(11-17)6-9-17/h1-4,10,12,15H,5-9,11H2. The zero-order valence-corrected chi connectivity index (χ0v) is 13.3. The molecule has 1 amide bonds. The molecule has 1 unspecified atom stereocenters. The molecule has 0 spiro atoms. The second-order valence-corrected chi connectivity index (χ2v) is 7.02. The van der Waals surface area contributed by atoms with E-state index in [0.717, 1.165) is 25.2 Å². The van der Waals surface area contributed by atoms with Crippen LogP contribution in [0.15, 0.2) is 29.4 Å². The van der Waals surface area contributed by atoms with Crippen LogP contribution in [0, 0.1) is 21.4 Å². The number of fused-ring (bicyclic) bond motifs is 2. The average molecular weight is 329 g/mol. The van der Waals surface area contributed by atoms with Gasteiger partial charge in [0.2, 0.25) is 0 Å². The molecule has 1 aromatic rings. The number of ether oxygens (including phenoxy) is 1. The van der Waals surface area contributed by atoms with E-state index in [4.69, 9.17) is 4.74 Å². The van der Waals surface area contributed by atoms with Crippen molar-refractivity contribution in [3.63, 3.8) is 0 Å². The topological polar surface area (TPSA) is 85.0 Å². The highest BCUT2D eigenvalue weighted by Crippen LogP contribution is 2.58. The molecular formula is C17H19N3O4. The van der Waals surface area contributed by atoms with E-state index in [2.05, 4.69) is 5.10 Å². The molecular weight excluding hydrogens is 310 g/mol. The molecule has 3 aliphatic rings. The first-order valence-electron chi connectivity index (χ1n) is 8.35. The lowest BCUT2D eigenvalue weighted by atomic mass is 9.76. The molecule has 2 saturated carbocycles. The predicted molar refractivity (Wildman–Crippen MR) is 86.9 cm³/mol. The van der Waals surface area contributed by atoms with E-state index >= 15 is 0 Å². The number of carbonyl (C=O) groups is 1. The van der Waals surface area contributed by atoms with Crippen LogP contribution in [0.4, 0.5) is 10.5 Å². The van der Waals surface area contributed by atoms with Crippen LogP contribution in [0.25, 0.3) is 0 Å². The number of nitro benzene ring substituents is 1. The van der Waals surface area contributed by atoms with E-state index in [0.29, 0.717) is 5.75 Å². The van der Waals surface area contributed by atoms with Gasteiger partial charge in [0.15, 0.2) is 0 Å². The molecule has 1 aromatic carbocycles. The smallest absolute Gasteiger partial charge is 0.409 e. The fraction of sp³-hybridized carbons (Fsp3) is 0.529. The summed E-state index contributed by atoms with van der Waals surface area (Å²) in [5.41, 5.74) is 0.157. The lowest BCUT2D eigenvalue weighted by Crippen LogP contribution is -2.45. The SMILES string of the molecule is O=C(Oc1ccc([N+](=O)[O-])cc1)N1N=CCC1C12CCC(CC1)C2. The Morgan fingerprint density at radius 2 is 2.00 bits per heavy atom. The Kier molecular flexibility index (Phi) is 3.51. The van der Waals surface area contributed by atoms with Crippen molar-refractivity contribution in [1.29, 1.82) is 0 Å². The van der Waals surface area contributed by atoms with Crippen molar-refractivity contribution in [1.82, 2.24) is 5.01 Å². The van der Waals surface area contributed by atoms with E-state index in [-0.39, 0.29) is 17.1 Å². The largest absolute Gasteiger partial charge is 0.436 e. The fourth-order valence-electron chi connectivity index (χ4n) is 4.59. The number of nitro groups is 1. The third-order valence-corrected chi connectivity index (χ3v) is 5.77. The molecule has 2 aliphatic carbocycles. The lowest BCUT2D eigenvalue weighted by molar-refractivity contribution is -0.384. The summed E-state index contributed by atoms with van der Waals surface area (Å²) in [6.07, 6.45) is 8.07. The number of nitrogens with zero attached hydrogens (tertiary/aromatic N) is 3. The van der Waals surface area contributed by atoms with Gasteiger partial charge in [-0.15, -0.1) is 0 Å². The van der Waals surface area contributed by atoms with Crippen molar-refractivity contribution in [2.75, 3.05) is 0 Å². The van der Waals surface area contributed by atoms with Crippen LogP contribution in [-0.2, 0) is 0 Å². The van der Waals surface area contributed by atoms with Crippen LogP contribution in [-0.4, -0.2) is 28.3 Å². The summed E-state index contributed by atoms with van der Waals surface area (Å²) >= 11 is 0. The maximum Gasteiger partial charge on any atom is 0.436 e. The zero-order chi connectivity index (χ0) is 16.7. The van der Waals surface area contributed by atoms with E-state index in [1.165, 1.54) is 48.5 Å². The number of non-ortho nitro benzene ring substituents is 1. The summed E-state index contributed by atoms with van der Waals surface area (Å²) in [6.45, 7) is 0. The Hall–Kier alpha value is -2.44. The molecule has 0 saturated heterocycles. The van der Waals surface area contributed by atoms with E-state index in [9.17, 15) is 14.9 Å². The maximum atomic E-state index is 12.5. The number of hydrogen-bond acceptors (Lipinski definition) is 5. The van der Waals surface area contributed by atoms with Crippen molar-refractivity contribution >= 4 is 18.0 Å². The monoisotopic (exact) mass is 329 g/mol. The molecule has 7 nitrogen and oxygen atoms in total. The maximum absolute atomic E-state index is 12.5. The van der Waals surface area contributed by atoms with Crippen LogP contribution in [0.1, 0.15) is 38.5 Å². The Morgan fingerprint density at radius 1 is 1.29 bits per heavy atom. The van der Waals surface area contributed by atoms with Crippen LogP contribution < -0.4 is 4.74 Å². The highest BCUT2D eigenvalue weighted by molar-refractivity contribution is 5.75. The summed E-state index contributed by atoms with van der Waals surface area (Å²) < 4.78 is 5.38. The number of benzene rings is 1. The highest BCUT2D eigenvalue weighted by Gasteiger charge is 2.53. The quantitative estimate of drug-likeness (QED) is 0.624. The second-order valence-electron chi connectivity index (χ2n) is 7.02. The average Bonchev–Trinajstić information content (AvgIpc) is 3.31. The highest BCUT2D eigenvalue weighted by atomic mass is 16.6. The normalized spacial score (nSPS) is 30.8. The molecule has 0 N–H and O–H groups in total. The third-order valence-electron chi connectivity index (χ3n) is 5.77. The van der Waals surface area contributed by atoms with Gasteiger partial charge < -0.3 is 4.74 Å². The van der Waals surface area contributed by atoms with E-state index in [1.807, 2.05) is 0 Å². The first-order chi connectivity index (χ1) is 11.6. The lowest BCUT2D eigenvalue weighted by Gasteiger charge is -2.36. The van der Waals surface area contributed by atoms with Gasteiger partial charge in [-0.2, -0.15) is 10.1 Å². The number of hydrazone groups is 1. The Labute approximate surface area is 139 Å². The van der Waals surface area contributed by atoms with Crippen molar-refractivity contribution < 1.29 is 14.5 Å². The third kappa shape index (κ3) is 2.44. The van der Waals surface area contributed by atoms with Crippen LogP contribution >= 0.6 is 0 Å². The van der Waals surface area contributed by atoms with Gasteiger partial charge in [0.25, 0.3) is 5.69 Å². The van der Waals surface area contributed by atoms with Gasteiger partial charge in [-0.05, 0) is 55.6 Å². The molecule has 1 heterocycles. The van der Waals surface area contributed by atoms with E-state index < -0.39 is 11.0 Å². The summed E-state index contributed by atoms with van der Waals surface area (Å²) in [6, 6.07) is 5.60. The minimum atomic E-state index is -0.507. The summed E-state index contributed by atoms with van der Waals surface area (Å²) in [7, 11) is 0. The molecule has 24 heavy (non-hydrogen) atoms. The number of amides is 1. The predicted octanol–water partition coefficient (Wildman–Crippen LogP) is 3.73. The Balaban J connectivity index is 1.47. The van der Waals surface area contributed by atoms with Crippen LogP contribution in [0.2, 0.25) is 0 Å². The second kappa shape index (κ2) is 5.58. The van der Waals surface area contributed by atoms with Crippen molar-refractivity contribution in [2.24, 2.45) is 16.4 Å². The van der Waals surface area contributed by atoms with Gasteiger partial charge in [0.05, 0.1) is 11.0 Å². The summed E-state index contributed by atoms with van der Waals surface area (Å²) in [5, 5.41) is 16.4. The van der Waals surface area contributed by atoms with Gasteiger partial charge in [-0.1, -0.05) is 0 Å². The van der Waals surface area contributed by atoms with Crippen molar-refractivity contribution in [3.05, 3.63) is 34.4 Å². The minimum Gasteiger partial charge on any atom is -0.409 e. The molecule has 7 heteroatoms. The number of carbonyl (C=O) groups excluding carboxylic acids is 1. The number of hydrogen-bond donors (Lipinski definition) is 0. The van der Waals surface area contributed by atoms with Gasteiger partial charge in [0, 0.05) is 24.8 Å². The molecule has 2 bridgehead atoms. The fourth-order valence-corrected chi connectivity index (χ4v) is 4.59. The van der Waals surface area contributed by atoms with Gasteiger partial charge in [-0.25, -0.2) is 4.79 Å². The first kappa shape index (κ1) is 15.1. The zero-order valence-electron chi connectivity index (χ0n) is 13.3. The molecule has 4 rings (SSSR count). The minimum absolute atomic E-state index is 0.0336. The molecule has 0 aromatic heterocycles. The van der Waals surface area contributed by atoms with Crippen molar-refractivity contribution in [3.8, 4) is 5.75 Å². The van der Waals surface area contributed by atoms with Crippen LogP contribution in [0.5, 0.6) is 5.75 Å². The molecule has 1 atom stereocenters. The first-order valence-corrected chi connectivity index (χ1v) is 8.35. The molecule has 126 valence electrons. The molecule has 1 aliphatic heterocycles. The number of rotatable bonds is 3. The van der Waals surface area contributed by atoms with Crippen LogP contribution in [0.3, 0.4) is 0 Å². The Morgan fingerprint density at radius 3 is 2.58 bits per heavy atom. The summed E-state index contributed by atoms with van der Waals surface area (Å²) in [5.74, 6) is 1.10. The molecule has 0 radical (unpaired) electrons. The van der Waals surface area contributed by atoms with Gasteiger partial charge in [0.1, 0.15) is 5.75 Å². The Bertz CT molecular complexity index is 692. The summed E-state index contributed by atoms with van der Waals surface area (Å²) in [4.78, 5) is 22.7. The van der Waals surface area contributed by atoms with Crippen molar-refractivity contribution in [2.45, 2.75) is 44.6 Å². The van der Waals surface area contributed by atoms with Gasteiger partial charge >= 0.3 is 6.09 Å².